The van der Waals surface area contributed by atoms with Gasteiger partial charge in [-0.05, 0) is 12.1 Å². The molecule has 1 rings (SSSR count). The Morgan fingerprint density at radius 2 is 2.06 bits per heavy atom. The van der Waals surface area contributed by atoms with Crippen molar-refractivity contribution in [2.45, 2.75) is 11.1 Å². The minimum Gasteiger partial charge on any atom is -0.289 e. The molecule has 0 fully saturated rings. The third kappa shape index (κ3) is 2.76. The number of hydrazine groups is 1. The average Bonchev–Trinajstić information content (AvgIpc) is 2.29. The quantitative estimate of drug-likeness (QED) is 0.486. The number of hydrogen-bond acceptors (Lipinski definition) is 5. The third-order valence-electron chi connectivity index (χ3n) is 1.92. The highest BCUT2D eigenvalue weighted by Gasteiger charge is 2.33. The molecule has 0 aliphatic heterocycles. The summed E-state index contributed by atoms with van der Waals surface area (Å²) in [5.41, 5.74) is 1.000. The number of sulfonamides is 1. The summed E-state index contributed by atoms with van der Waals surface area (Å²) >= 11 is 0. The fourth-order valence-corrected chi connectivity index (χ4v) is 2.10. The summed E-state index contributed by atoms with van der Waals surface area (Å²) in [6.45, 7) is 0. The van der Waals surface area contributed by atoms with Gasteiger partial charge in [0.15, 0.2) is 0 Å². The summed E-state index contributed by atoms with van der Waals surface area (Å²) in [7, 11) is -2.86. The molecule has 1 aromatic rings. The maximum absolute atomic E-state index is 12.2. The van der Waals surface area contributed by atoms with Gasteiger partial charge in [0.25, 0.3) is 10.0 Å². The predicted molar refractivity (Wildman–Crippen MR) is 56.1 cm³/mol. The Kier molecular flexibility index (Phi) is 3.92. The summed E-state index contributed by atoms with van der Waals surface area (Å²) in [5.74, 6) is 0. The zero-order valence-electron chi connectivity index (χ0n) is 9.06. The summed E-state index contributed by atoms with van der Waals surface area (Å²) in [6, 6.07) is 1.34. The van der Waals surface area contributed by atoms with Gasteiger partial charge in [0, 0.05) is 13.2 Å². The molecule has 0 saturated carbocycles. The van der Waals surface area contributed by atoms with Crippen molar-refractivity contribution in [1.29, 1.82) is 5.41 Å². The molecule has 2 N–H and O–H groups in total. The molecule has 0 spiro atoms. The van der Waals surface area contributed by atoms with Crippen LogP contribution in [0.2, 0.25) is 0 Å². The van der Waals surface area contributed by atoms with Gasteiger partial charge in [0.1, 0.15) is 16.9 Å². The minimum atomic E-state index is -4.63. The van der Waals surface area contributed by atoms with Crippen molar-refractivity contribution >= 4 is 16.4 Å². The molecule has 100 valence electrons. The van der Waals surface area contributed by atoms with Gasteiger partial charge in [0.2, 0.25) is 0 Å². The van der Waals surface area contributed by atoms with Crippen molar-refractivity contribution in [3.05, 3.63) is 24.0 Å². The second kappa shape index (κ2) is 4.90. The maximum Gasteiger partial charge on any atom is 0.433 e. The van der Waals surface area contributed by atoms with E-state index in [0.717, 1.165) is 6.07 Å². The summed E-state index contributed by atoms with van der Waals surface area (Å²) in [4.78, 5) is 2.58. The van der Waals surface area contributed by atoms with Gasteiger partial charge < -0.3 is 0 Å². The maximum atomic E-state index is 12.2. The molecule has 0 unspecified atom stereocenters. The van der Waals surface area contributed by atoms with Crippen LogP contribution in [0.5, 0.6) is 0 Å². The minimum absolute atomic E-state index is 0.442. The number of pyridine rings is 1. The molecule has 0 radical (unpaired) electrons. The molecule has 1 aromatic heterocycles. The van der Waals surface area contributed by atoms with E-state index in [0.29, 0.717) is 23.0 Å². The van der Waals surface area contributed by atoms with Gasteiger partial charge in [-0.25, -0.2) is 5.43 Å². The first-order valence-corrected chi connectivity index (χ1v) is 5.93. The smallest absolute Gasteiger partial charge is 0.289 e. The lowest BCUT2D eigenvalue weighted by Crippen LogP contribution is -2.39. The van der Waals surface area contributed by atoms with E-state index in [2.05, 4.69) is 10.4 Å². The lowest BCUT2D eigenvalue weighted by molar-refractivity contribution is -0.141. The number of hydrogen-bond donors (Lipinski definition) is 2. The van der Waals surface area contributed by atoms with E-state index in [4.69, 9.17) is 5.41 Å². The van der Waals surface area contributed by atoms with Crippen LogP contribution in [0.1, 0.15) is 5.69 Å². The van der Waals surface area contributed by atoms with E-state index in [9.17, 15) is 21.6 Å². The highest BCUT2D eigenvalue weighted by Crippen LogP contribution is 2.27. The van der Waals surface area contributed by atoms with E-state index in [1.807, 2.05) is 0 Å². The van der Waals surface area contributed by atoms with Crippen molar-refractivity contribution in [1.82, 2.24) is 14.8 Å². The number of aromatic nitrogens is 1. The zero-order valence-corrected chi connectivity index (χ0v) is 9.88. The van der Waals surface area contributed by atoms with Crippen LogP contribution in [0.3, 0.4) is 0 Å². The Balaban J connectivity index is 3.17. The second-order valence-corrected chi connectivity index (χ2v) is 4.85. The third-order valence-corrected chi connectivity index (χ3v) is 3.56. The Morgan fingerprint density at radius 3 is 2.39 bits per heavy atom. The first-order valence-electron chi connectivity index (χ1n) is 4.49. The van der Waals surface area contributed by atoms with Gasteiger partial charge in [-0.15, -0.1) is 0 Å². The van der Waals surface area contributed by atoms with Gasteiger partial charge in [-0.2, -0.15) is 26.0 Å². The standard InChI is InChI=1S/C8H9F3N4O2S/c1-13-15(5-12)18(16,17)6-2-3-7(14-4-6)8(9,10)11/h2-5,12-13H,1H3. The molecule has 0 aliphatic rings. The lowest BCUT2D eigenvalue weighted by atomic mass is 10.3. The van der Waals surface area contributed by atoms with Crippen molar-refractivity contribution < 1.29 is 21.6 Å². The molecule has 0 aliphatic carbocycles. The SMILES string of the molecule is CNN(C=N)S(=O)(=O)c1ccc(C(F)(F)F)nc1. The largest absolute Gasteiger partial charge is 0.433 e. The van der Waals surface area contributed by atoms with Gasteiger partial charge >= 0.3 is 6.18 Å². The normalized spacial score (nSPS) is 12.2. The van der Waals surface area contributed by atoms with Crippen molar-refractivity contribution in [2.24, 2.45) is 0 Å². The Hall–Kier alpha value is -1.68. The summed E-state index contributed by atoms with van der Waals surface area (Å²) in [6.07, 6.45) is -3.56. The second-order valence-electron chi connectivity index (χ2n) is 3.03. The highest BCUT2D eigenvalue weighted by molar-refractivity contribution is 7.89. The number of nitrogens with one attached hydrogen (secondary N) is 2. The highest BCUT2D eigenvalue weighted by atomic mass is 32.2. The van der Waals surface area contributed by atoms with Crippen LogP contribution in [0.4, 0.5) is 13.2 Å². The molecule has 1 heterocycles. The first kappa shape index (κ1) is 14.4. The monoisotopic (exact) mass is 282 g/mol. The predicted octanol–water partition coefficient (Wildman–Crippen LogP) is 0.833. The van der Waals surface area contributed by atoms with Crippen LogP contribution in [0, 0.1) is 5.41 Å². The van der Waals surface area contributed by atoms with Gasteiger partial charge in [-0.3, -0.25) is 10.4 Å². The average molecular weight is 282 g/mol. The molecule has 6 nitrogen and oxygen atoms in total. The zero-order chi connectivity index (χ0) is 14.0. The summed E-state index contributed by atoms with van der Waals surface area (Å²) < 4.78 is 60.6. The van der Waals surface area contributed by atoms with E-state index < -0.39 is 26.8 Å². The Bertz CT molecular complexity index is 526. The summed E-state index contributed by atoms with van der Waals surface area (Å²) in [5, 5.41) is 6.87. The Morgan fingerprint density at radius 1 is 1.44 bits per heavy atom. The molecule has 0 amide bonds. The number of alkyl halides is 3. The van der Waals surface area contributed by atoms with E-state index in [1.54, 1.807) is 0 Å². The molecule has 0 atom stereocenters. The number of nitrogens with zero attached hydrogens (tertiary/aromatic N) is 2. The fourth-order valence-electron chi connectivity index (χ4n) is 1.07. The van der Waals surface area contributed by atoms with Crippen LogP contribution >= 0.6 is 0 Å². The van der Waals surface area contributed by atoms with E-state index in [1.165, 1.54) is 7.05 Å². The van der Waals surface area contributed by atoms with Crippen LogP contribution < -0.4 is 5.43 Å². The van der Waals surface area contributed by atoms with E-state index in [-0.39, 0.29) is 0 Å². The number of halogens is 3. The first-order chi connectivity index (χ1) is 8.23. The van der Waals surface area contributed by atoms with Crippen molar-refractivity contribution in [2.75, 3.05) is 7.05 Å². The molecule has 0 aromatic carbocycles. The van der Waals surface area contributed by atoms with Crippen LogP contribution in [-0.4, -0.2) is 31.2 Å². The van der Waals surface area contributed by atoms with Crippen LogP contribution in [0.25, 0.3) is 0 Å². The number of rotatable bonds is 4. The van der Waals surface area contributed by atoms with Crippen molar-refractivity contribution in [3.63, 3.8) is 0 Å². The van der Waals surface area contributed by atoms with Gasteiger partial charge in [0.05, 0.1) is 0 Å². The fraction of sp³-hybridized carbons (Fsp3) is 0.250. The van der Waals surface area contributed by atoms with Crippen molar-refractivity contribution in [3.8, 4) is 0 Å². The Labute approximate surface area is 101 Å². The lowest BCUT2D eigenvalue weighted by Gasteiger charge is -2.17. The molecule has 0 saturated heterocycles. The van der Waals surface area contributed by atoms with Gasteiger partial charge in [-0.1, -0.05) is 0 Å². The van der Waals surface area contributed by atoms with Crippen LogP contribution in [-0.2, 0) is 16.2 Å². The topological polar surface area (TPSA) is 86.2 Å². The molecule has 18 heavy (non-hydrogen) atoms. The molecule has 10 heteroatoms. The molecular formula is C8H9F3N4O2S. The van der Waals surface area contributed by atoms with E-state index >= 15 is 0 Å². The molecule has 0 bridgehead atoms. The van der Waals surface area contributed by atoms with Crippen LogP contribution in [0.15, 0.2) is 23.2 Å². The molecular weight excluding hydrogens is 273 g/mol.